The largest absolute Gasteiger partial charge is 0.375 e. The van der Waals surface area contributed by atoms with Crippen LogP contribution < -0.4 is 5.32 Å². The van der Waals surface area contributed by atoms with Crippen molar-refractivity contribution in [3.8, 4) is 0 Å². The van der Waals surface area contributed by atoms with Crippen molar-refractivity contribution in [2.45, 2.75) is 40.0 Å². The molecule has 0 atom stereocenters. The highest BCUT2D eigenvalue weighted by Crippen LogP contribution is 2.15. The predicted molar refractivity (Wildman–Crippen MR) is 82.7 cm³/mol. The molecule has 0 bridgehead atoms. The first kappa shape index (κ1) is 16.9. The minimum absolute atomic E-state index is 0.393. The lowest BCUT2D eigenvalue weighted by atomic mass is 10.1. The normalized spacial score (nSPS) is 13.0. The Morgan fingerprint density at radius 2 is 2.00 bits per heavy atom. The molecule has 0 spiro atoms. The Bertz CT molecular complexity index is 335. The van der Waals surface area contributed by atoms with Crippen LogP contribution in [0.3, 0.4) is 0 Å². The molecule has 0 saturated heterocycles. The third-order valence-electron chi connectivity index (χ3n) is 2.42. The highest BCUT2D eigenvalue weighted by molar-refractivity contribution is 6.17. The summed E-state index contributed by atoms with van der Waals surface area (Å²) in [5.41, 5.74) is 3.21. The smallest absolute Gasteiger partial charge is 0.151 e. The molecule has 1 N–H and O–H groups in total. The molecule has 0 rings (SSSR count). The van der Waals surface area contributed by atoms with E-state index >= 15 is 0 Å². The van der Waals surface area contributed by atoms with E-state index in [4.69, 9.17) is 11.6 Å². The van der Waals surface area contributed by atoms with Crippen molar-refractivity contribution in [2.75, 3.05) is 12.5 Å². The summed E-state index contributed by atoms with van der Waals surface area (Å²) >= 11 is 5.76. The van der Waals surface area contributed by atoms with E-state index in [0.29, 0.717) is 18.4 Å². The van der Waals surface area contributed by atoms with Crippen LogP contribution in [0.15, 0.2) is 33.4 Å². The number of nitrogens with one attached hydrogen (secondary N) is 1. The zero-order chi connectivity index (χ0) is 14.0. The Kier molecular flexibility index (Phi) is 9.29. The number of hydrogen-bond donors (Lipinski definition) is 1. The topological polar surface area (TPSA) is 36.8 Å². The van der Waals surface area contributed by atoms with Gasteiger partial charge in [0.15, 0.2) is 5.84 Å². The average Bonchev–Trinajstić information content (AvgIpc) is 2.34. The summed E-state index contributed by atoms with van der Waals surface area (Å²) in [6.45, 7) is 14.2. The fourth-order valence-electron chi connectivity index (χ4n) is 1.63. The van der Waals surface area contributed by atoms with Crippen LogP contribution >= 0.6 is 11.6 Å². The second-order valence-corrected chi connectivity index (χ2v) is 4.39. The van der Waals surface area contributed by atoms with E-state index in [0.717, 1.165) is 36.1 Å². The van der Waals surface area contributed by atoms with Gasteiger partial charge in [-0.2, -0.15) is 0 Å². The molecule has 0 amide bonds. The lowest BCUT2D eigenvalue weighted by Crippen LogP contribution is -2.17. The summed E-state index contributed by atoms with van der Waals surface area (Å²) in [5.74, 6) is 0.696. The van der Waals surface area contributed by atoms with Crippen LogP contribution in [0.2, 0.25) is 0 Å². The van der Waals surface area contributed by atoms with E-state index < -0.39 is 0 Å². The van der Waals surface area contributed by atoms with Gasteiger partial charge in [-0.1, -0.05) is 32.4 Å². The molecule has 0 fully saturated rings. The van der Waals surface area contributed by atoms with Crippen molar-refractivity contribution in [2.24, 2.45) is 9.98 Å². The van der Waals surface area contributed by atoms with E-state index in [-0.39, 0.29) is 0 Å². The number of nitrogens with zero attached hydrogens (tertiary/aromatic N) is 2. The third kappa shape index (κ3) is 6.01. The molecule has 0 aromatic rings. The van der Waals surface area contributed by atoms with Crippen molar-refractivity contribution >= 4 is 24.2 Å². The van der Waals surface area contributed by atoms with Gasteiger partial charge in [0.25, 0.3) is 0 Å². The van der Waals surface area contributed by atoms with Gasteiger partial charge in [0.05, 0.1) is 12.5 Å². The number of aliphatic imine (C=N–C) groups is 2. The molecular formula is C14H24ClN3. The molecule has 0 aliphatic rings. The van der Waals surface area contributed by atoms with Gasteiger partial charge in [-0.05, 0) is 26.5 Å². The van der Waals surface area contributed by atoms with E-state index in [9.17, 15) is 0 Å². The van der Waals surface area contributed by atoms with Crippen LogP contribution in [0.4, 0.5) is 0 Å². The number of hydrogen-bond acceptors (Lipinski definition) is 2. The predicted octanol–water partition coefficient (Wildman–Crippen LogP) is 3.91. The lowest BCUT2D eigenvalue weighted by Gasteiger charge is -2.14. The number of allylic oxidation sites excluding steroid dienone is 1. The first-order chi connectivity index (χ1) is 8.60. The van der Waals surface area contributed by atoms with Crippen LogP contribution in [-0.2, 0) is 0 Å². The first-order valence-electron chi connectivity index (χ1n) is 6.28. The molecule has 0 unspecified atom stereocenters. The zero-order valence-electron chi connectivity index (χ0n) is 11.7. The van der Waals surface area contributed by atoms with Gasteiger partial charge in [0.1, 0.15) is 0 Å². The van der Waals surface area contributed by atoms with Crippen LogP contribution in [0, 0.1) is 0 Å². The average molecular weight is 270 g/mol. The molecular weight excluding hydrogens is 246 g/mol. The highest BCUT2D eigenvalue weighted by Gasteiger charge is 2.10. The molecule has 0 aliphatic heterocycles. The van der Waals surface area contributed by atoms with Gasteiger partial charge in [-0.15, -0.1) is 11.6 Å². The molecule has 102 valence electrons. The van der Waals surface area contributed by atoms with Crippen LogP contribution in [0.25, 0.3) is 0 Å². The second kappa shape index (κ2) is 9.89. The quantitative estimate of drug-likeness (QED) is 0.234. The maximum absolute atomic E-state index is 5.76. The van der Waals surface area contributed by atoms with Crippen molar-refractivity contribution < 1.29 is 0 Å². The Morgan fingerprint density at radius 1 is 1.33 bits per heavy atom. The summed E-state index contributed by atoms with van der Waals surface area (Å²) in [6.07, 6.45) is 2.85. The fraction of sp³-hybridized carbons (Fsp3) is 0.571. The van der Waals surface area contributed by atoms with Crippen LogP contribution in [0.5, 0.6) is 0 Å². The molecule has 0 aliphatic carbocycles. The summed E-state index contributed by atoms with van der Waals surface area (Å²) in [4.78, 5) is 8.48. The van der Waals surface area contributed by atoms with Crippen LogP contribution in [-0.4, -0.2) is 25.1 Å². The van der Waals surface area contributed by atoms with Gasteiger partial charge in [-0.25, -0.2) is 4.99 Å². The molecule has 0 heterocycles. The number of halogens is 1. The Labute approximate surface area is 116 Å². The van der Waals surface area contributed by atoms with E-state index in [2.05, 4.69) is 42.4 Å². The van der Waals surface area contributed by atoms with Gasteiger partial charge in [0.2, 0.25) is 0 Å². The Hall–Kier alpha value is -1.09. The summed E-state index contributed by atoms with van der Waals surface area (Å²) < 4.78 is 0. The third-order valence-corrected chi connectivity index (χ3v) is 2.55. The molecule has 4 heteroatoms. The van der Waals surface area contributed by atoms with Gasteiger partial charge in [0, 0.05) is 11.3 Å². The first-order valence-corrected chi connectivity index (χ1v) is 6.81. The van der Waals surface area contributed by atoms with Crippen molar-refractivity contribution in [1.29, 1.82) is 0 Å². The molecule has 0 aromatic carbocycles. The van der Waals surface area contributed by atoms with Crippen molar-refractivity contribution in [3.05, 3.63) is 23.4 Å². The van der Waals surface area contributed by atoms with Gasteiger partial charge < -0.3 is 5.32 Å². The standard InChI is InChI=1S/C14H24ClN3/c1-6-8-13(18-10-15)12(7-2)14(16-5)17-9-11(3)4/h18H,3,5-10H2,1-2,4H3/b13-12-,17-14?. The monoisotopic (exact) mass is 269 g/mol. The number of alkyl halides is 1. The SMILES string of the molecule is C=NC(=NCC(=C)C)/C(CC)=C(/CCC)NCCl. The molecule has 0 radical (unpaired) electrons. The molecule has 18 heavy (non-hydrogen) atoms. The molecule has 0 aromatic heterocycles. The fourth-order valence-corrected chi connectivity index (χ4v) is 1.80. The number of amidine groups is 1. The van der Waals surface area contributed by atoms with E-state index in [1.165, 1.54) is 0 Å². The Balaban J connectivity index is 5.29. The van der Waals surface area contributed by atoms with Gasteiger partial charge >= 0.3 is 0 Å². The van der Waals surface area contributed by atoms with Crippen LogP contribution in [0.1, 0.15) is 40.0 Å². The molecule has 3 nitrogen and oxygen atoms in total. The second-order valence-electron chi connectivity index (χ2n) is 4.13. The minimum atomic E-state index is 0.393. The zero-order valence-corrected chi connectivity index (χ0v) is 12.5. The maximum atomic E-state index is 5.76. The lowest BCUT2D eigenvalue weighted by molar-refractivity contribution is 0.784. The molecule has 0 saturated carbocycles. The van der Waals surface area contributed by atoms with Crippen molar-refractivity contribution in [1.82, 2.24) is 5.32 Å². The summed E-state index contributed by atoms with van der Waals surface area (Å²) in [5, 5.41) is 3.19. The number of rotatable bonds is 8. The van der Waals surface area contributed by atoms with Crippen molar-refractivity contribution in [3.63, 3.8) is 0 Å². The van der Waals surface area contributed by atoms with Gasteiger partial charge in [-0.3, -0.25) is 4.99 Å². The van der Waals surface area contributed by atoms with E-state index in [1.807, 2.05) is 6.92 Å². The minimum Gasteiger partial charge on any atom is -0.375 e. The van der Waals surface area contributed by atoms with E-state index in [1.54, 1.807) is 0 Å². The highest BCUT2D eigenvalue weighted by atomic mass is 35.5. The summed E-state index contributed by atoms with van der Waals surface area (Å²) in [7, 11) is 0. The maximum Gasteiger partial charge on any atom is 0.151 e. The Morgan fingerprint density at radius 3 is 2.39 bits per heavy atom. The summed E-state index contributed by atoms with van der Waals surface area (Å²) in [6, 6.07) is 0.393.